The van der Waals surface area contributed by atoms with Crippen LogP contribution in [0.25, 0.3) is 0 Å². The molecule has 3 nitrogen and oxygen atoms in total. The molecule has 4 heteroatoms. The minimum Gasteiger partial charge on any atom is -0.485 e. The molecule has 1 aliphatic rings. The van der Waals surface area contributed by atoms with Gasteiger partial charge in [0.2, 0.25) is 0 Å². The van der Waals surface area contributed by atoms with E-state index in [4.69, 9.17) is 9.47 Å². The molecule has 0 fully saturated rings. The second-order valence-corrected chi connectivity index (χ2v) is 4.92. The predicted molar refractivity (Wildman–Crippen MR) is 68.3 cm³/mol. The monoisotopic (exact) mass is 253 g/mol. The van der Waals surface area contributed by atoms with Gasteiger partial charge in [0.05, 0.1) is 6.61 Å². The van der Waals surface area contributed by atoms with Crippen molar-refractivity contribution >= 4 is 0 Å². The zero-order chi connectivity index (χ0) is 13.2. The van der Waals surface area contributed by atoms with Gasteiger partial charge in [-0.1, -0.05) is 0 Å². The molecule has 1 aromatic carbocycles. The van der Waals surface area contributed by atoms with E-state index >= 15 is 0 Å². The first-order valence-electron chi connectivity index (χ1n) is 6.31. The van der Waals surface area contributed by atoms with Gasteiger partial charge in [0.1, 0.15) is 17.2 Å². The molecule has 2 unspecified atom stereocenters. The fourth-order valence-electron chi connectivity index (χ4n) is 2.40. The lowest BCUT2D eigenvalue weighted by Crippen LogP contribution is -2.44. The third-order valence-electron chi connectivity index (χ3n) is 3.30. The Labute approximate surface area is 107 Å². The highest BCUT2D eigenvalue weighted by molar-refractivity contribution is 5.39. The Bertz CT molecular complexity index is 424. The van der Waals surface area contributed by atoms with Gasteiger partial charge in [0.25, 0.3) is 0 Å². The van der Waals surface area contributed by atoms with Crippen molar-refractivity contribution in [3.05, 3.63) is 29.6 Å². The van der Waals surface area contributed by atoms with Gasteiger partial charge in [-0.25, -0.2) is 4.39 Å². The van der Waals surface area contributed by atoms with Crippen molar-refractivity contribution in [2.75, 3.05) is 20.3 Å². The van der Waals surface area contributed by atoms with Gasteiger partial charge in [-0.2, -0.15) is 0 Å². The molecule has 1 aromatic rings. The second-order valence-electron chi connectivity index (χ2n) is 4.92. The van der Waals surface area contributed by atoms with Gasteiger partial charge in [0, 0.05) is 24.6 Å². The van der Waals surface area contributed by atoms with Gasteiger partial charge in [-0.15, -0.1) is 0 Å². The second kappa shape index (κ2) is 5.24. The summed E-state index contributed by atoms with van der Waals surface area (Å²) in [7, 11) is 1.88. The molecule has 0 saturated heterocycles. The van der Waals surface area contributed by atoms with Gasteiger partial charge in [-0.05, 0) is 39.1 Å². The summed E-state index contributed by atoms with van der Waals surface area (Å²) in [6.45, 7) is 5.20. The van der Waals surface area contributed by atoms with Crippen LogP contribution < -0.4 is 10.1 Å². The maximum Gasteiger partial charge on any atom is 0.131 e. The Morgan fingerprint density at radius 1 is 1.56 bits per heavy atom. The minimum atomic E-state index is -0.367. The summed E-state index contributed by atoms with van der Waals surface area (Å²) in [5.74, 6) is 0.509. The van der Waals surface area contributed by atoms with Crippen LogP contribution >= 0.6 is 0 Å². The van der Waals surface area contributed by atoms with Crippen molar-refractivity contribution in [1.29, 1.82) is 0 Å². The molecule has 1 N–H and O–H groups in total. The van der Waals surface area contributed by atoms with Crippen LogP contribution in [0, 0.1) is 5.82 Å². The number of nitrogens with one attached hydrogen (secondary N) is 1. The van der Waals surface area contributed by atoms with Crippen LogP contribution in [0.2, 0.25) is 0 Å². The Morgan fingerprint density at radius 2 is 2.33 bits per heavy atom. The van der Waals surface area contributed by atoms with Gasteiger partial charge in [-0.3, -0.25) is 0 Å². The number of benzene rings is 1. The van der Waals surface area contributed by atoms with E-state index in [0.717, 1.165) is 17.7 Å². The highest BCUT2D eigenvalue weighted by Crippen LogP contribution is 2.39. The van der Waals surface area contributed by atoms with E-state index in [9.17, 15) is 4.39 Å². The Morgan fingerprint density at radius 3 is 3.00 bits per heavy atom. The van der Waals surface area contributed by atoms with Crippen LogP contribution in [0.4, 0.5) is 4.39 Å². The lowest BCUT2D eigenvalue weighted by Gasteiger charge is -2.39. The first kappa shape index (κ1) is 13.3. The van der Waals surface area contributed by atoms with Crippen LogP contribution in [0.3, 0.4) is 0 Å². The summed E-state index contributed by atoms with van der Waals surface area (Å²) < 4.78 is 24.7. The van der Waals surface area contributed by atoms with Crippen LogP contribution in [-0.4, -0.2) is 25.9 Å². The molecule has 1 aliphatic heterocycles. The van der Waals surface area contributed by atoms with E-state index in [1.807, 2.05) is 20.9 Å². The third kappa shape index (κ3) is 2.65. The van der Waals surface area contributed by atoms with Crippen molar-refractivity contribution in [3.63, 3.8) is 0 Å². The zero-order valence-corrected chi connectivity index (χ0v) is 11.1. The van der Waals surface area contributed by atoms with Crippen molar-refractivity contribution in [3.8, 4) is 5.75 Å². The molecule has 0 radical (unpaired) electrons. The maximum atomic E-state index is 13.3. The number of hydrogen-bond donors (Lipinski definition) is 1. The molecule has 18 heavy (non-hydrogen) atoms. The van der Waals surface area contributed by atoms with Gasteiger partial charge in [0.15, 0.2) is 0 Å². The van der Waals surface area contributed by atoms with Crippen LogP contribution in [0.5, 0.6) is 5.75 Å². The molecular formula is C14H20FNO2. The average molecular weight is 253 g/mol. The molecule has 100 valence electrons. The van der Waals surface area contributed by atoms with Crippen molar-refractivity contribution in [1.82, 2.24) is 5.32 Å². The number of rotatable bonds is 4. The lowest BCUT2D eigenvalue weighted by molar-refractivity contribution is -0.0327. The Hall–Kier alpha value is -1.13. The van der Waals surface area contributed by atoms with Crippen molar-refractivity contribution in [2.45, 2.75) is 31.9 Å². The molecule has 0 aromatic heterocycles. The van der Waals surface area contributed by atoms with Crippen molar-refractivity contribution < 1.29 is 13.9 Å². The SMILES string of the molecule is CCOCC1(C)CC(NC)c2cc(F)ccc2O1. The van der Waals surface area contributed by atoms with E-state index in [-0.39, 0.29) is 17.5 Å². The van der Waals surface area contributed by atoms with E-state index in [1.165, 1.54) is 12.1 Å². The lowest BCUT2D eigenvalue weighted by atomic mass is 9.89. The summed E-state index contributed by atoms with van der Waals surface area (Å²) in [5.41, 5.74) is 0.514. The van der Waals surface area contributed by atoms with E-state index in [0.29, 0.717) is 13.2 Å². The minimum absolute atomic E-state index is 0.0925. The molecule has 0 amide bonds. The molecule has 0 spiro atoms. The molecule has 0 aliphatic carbocycles. The molecule has 1 heterocycles. The maximum absolute atomic E-state index is 13.3. The summed E-state index contributed by atoms with van der Waals surface area (Å²) in [6.07, 6.45) is 0.764. The quantitative estimate of drug-likeness (QED) is 0.895. The first-order chi connectivity index (χ1) is 8.58. The highest BCUT2D eigenvalue weighted by Gasteiger charge is 2.37. The van der Waals surface area contributed by atoms with E-state index < -0.39 is 0 Å². The largest absolute Gasteiger partial charge is 0.485 e. The number of ether oxygens (including phenoxy) is 2. The Kier molecular flexibility index (Phi) is 3.88. The molecular weight excluding hydrogens is 233 g/mol. The average Bonchev–Trinajstić information content (AvgIpc) is 2.36. The number of fused-ring (bicyclic) bond motifs is 1. The van der Waals surface area contributed by atoms with Crippen LogP contribution in [0.15, 0.2) is 18.2 Å². The topological polar surface area (TPSA) is 30.5 Å². The summed E-state index contributed by atoms with van der Waals surface area (Å²) in [6, 6.07) is 4.75. The predicted octanol–water partition coefficient (Wildman–Crippen LogP) is 2.66. The standard InChI is InChI=1S/C14H20FNO2/c1-4-17-9-14(2)8-12(16-3)11-7-10(15)5-6-13(11)18-14/h5-7,12,16H,4,8-9H2,1-3H3. The van der Waals surface area contributed by atoms with Crippen LogP contribution in [0.1, 0.15) is 31.9 Å². The smallest absolute Gasteiger partial charge is 0.131 e. The van der Waals surface area contributed by atoms with Crippen LogP contribution in [-0.2, 0) is 4.74 Å². The summed E-state index contributed by atoms with van der Waals surface area (Å²) in [5, 5.41) is 3.22. The van der Waals surface area contributed by atoms with Gasteiger partial charge >= 0.3 is 0 Å². The molecule has 0 saturated carbocycles. The van der Waals surface area contributed by atoms with Crippen molar-refractivity contribution in [2.24, 2.45) is 0 Å². The summed E-state index contributed by atoms with van der Waals surface area (Å²) in [4.78, 5) is 0. The number of halogens is 1. The third-order valence-corrected chi connectivity index (χ3v) is 3.30. The fraction of sp³-hybridized carbons (Fsp3) is 0.571. The van der Waals surface area contributed by atoms with E-state index in [2.05, 4.69) is 5.32 Å². The summed E-state index contributed by atoms with van der Waals surface area (Å²) >= 11 is 0. The zero-order valence-electron chi connectivity index (χ0n) is 11.1. The molecule has 2 atom stereocenters. The fourth-order valence-corrected chi connectivity index (χ4v) is 2.40. The Balaban J connectivity index is 2.27. The normalized spacial score (nSPS) is 26.6. The van der Waals surface area contributed by atoms with Gasteiger partial charge < -0.3 is 14.8 Å². The molecule has 0 bridgehead atoms. The first-order valence-corrected chi connectivity index (χ1v) is 6.31. The highest BCUT2D eigenvalue weighted by atomic mass is 19.1. The van der Waals surface area contributed by atoms with E-state index in [1.54, 1.807) is 6.07 Å². The molecule has 2 rings (SSSR count). The number of hydrogen-bond acceptors (Lipinski definition) is 3.